The van der Waals surface area contributed by atoms with Gasteiger partial charge in [-0.15, -0.1) is 0 Å². The maximum atomic E-state index is 12.1. The van der Waals surface area contributed by atoms with E-state index < -0.39 is 0 Å². The first-order valence-corrected chi connectivity index (χ1v) is 12.8. The Kier molecular flexibility index (Phi) is 7.72. The van der Waals surface area contributed by atoms with E-state index in [0.717, 1.165) is 74.3 Å². The van der Waals surface area contributed by atoms with Crippen LogP contribution in [0.1, 0.15) is 25.0 Å². The molecule has 2 N–H and O–H groups in total. The summed E-state index contributed by atoms with van der Waals surface area (Å²) in [6.07, 6.45) is 5.72. The molecule has 33 heavy (non-hydrogen) atoms. The number of likely N-dealkylation sites (N-methyl/N-ethyl adjacent to an activating group) is 1. The van der Waals surface area contributed by atoms with Gasteiger partial charge in [0.15, 0.2) is 5.82 Å². The third-order valence-corrected chi connectivity index (χ3v) is 7.71. The van der Waals surface area contributed by atoms with Crippen LogP contribution >= 0.6 is 11.8 Å². The van der Waals surface area contributed by atoms with E-state index in [1.165, 1.54) is 6.42 Å². The summed E-state index contributed by atoms with van der Waals surface area (Å²) in [5.41, 5.74) is 2.81. The van der Waals surface area contributed by atoms with Gasteiger partial charge in [-0.05, 0) is 63.9 Å². The summed E-state index contributed by atoms with van der Waals surface area (Å²) in [5.74, 6) is 1.71. The Morgan fingerprint density at radius 2 is 1.91 bits per heavy atom. The molecule has 0 radical (unpaired) electrons. The van der Waals surface area contributed by atoms with Crippen LogP contribution in [-0.2, 0) is 9.48 Å². The molecule has 1 saturated heterocycles. The van der Waals surface area contributed by atoms with Crippen LogP contribution < -0.4 is 15.5 Å². The Morgan fingerprint density at radius 1 is 1.18 bits per heavy atom. The van der Waals surface area contributed by atoms with E-state index in [9.17, 15) is 4.79 Å². The quantitative estimate of drug-likeness (QED) is 0.612. The van der Waals surface area contributed by atoms with Crippen molar-refractivity contribution in [2.24, 2.45) is 0 Å². The minimum Gasteiger partial charge on any atom is -0.378 e. The highest BCUT2D eigenvalue weighted by atomic mass is 32.2. The minimum atomic E-state index is -0.204. The predicted octanol–water partition coefficient (Wildman–Crippen LogP) is 3.41. The van der Waals surface area contributed by atoms with Crippen LogP contribution in [0.2, 0.25) is 0 Å². The highest BCUT2D eigenvalue weighted by Gasteiger charge is 2.40. The van der Waals surface area contributed by atoms with Gasteiger partial charge in [0.25, 0.3) is 0 Å². The van der Waals surface area contributed by atoms with Gasteiger partial charge >= 0.3 is 6.03 Å². The van der Waals surface area contributed by atoms with Gasteiger partial charge in [0.2, 0.25) is 0 Å². The zero-order valence-corrected chi connectivity index (χ0v) is 20.6. The number of benzene rings is 1. The molecule has 2 fully saturated rings. The maximum absolute atomic E-state index is 12.1. The van der Waals surface area contributed by atoms with Crippen LogP contribution in [0.25, 0.3) is 11.4 Å². The number of hydrogen-bond donors (Lipinski definition) is 2. The van der Waals surface area contributed by atoms with Crippen LogP contribution in [0.3, 0.4) is 0 Å². The molecule has 1 aromatic carbocycles. The fourth-order valence-corrected chi connectivity index (χ4v) is 5.10. The van der Waals surface area contributed by atoms with Gasteiger partial charge in [0.1, 0.15) is 5.82 Å². The third kappa shape index (κ3) is 5.77. The van der Waals surface area contributed by atoms with E-state index in [1.807, 2.05) is 55.0 Å². The molecule has 178 valence electrons. The molecule has 0 bridgehead atoms. The largest absolute Gasteiger partial charge is 0.378 e. The van der Waals surface area contributed by atoms with Crippen molar-refractivity contribution >= 4 is 29.3 Å². The first-order chi connectivity index (χ1) is 16.0. The molecule has 0 atom stereocenters. The van der Waals surface area contributed by atoms with Crippen molar-refractivity contribution < 1.29 is 9.53 Å². The summed E-state index contributed by atoms with van der Waals surface area (Å²) in [6.45, 7) is 4.52. The van der Waals surface area contributed by atoms with Gasteiger partial charge in [-0.3, -0.25) is 0 Å². The van der Waals surface area contributed by atoms with Crippen LogP contribution in [0.5, 0.6) is 0 Å². The van der Waals surface area contributed by atoms with Crippen molar-refractivity contribution in [1.82, 2.24) is 20.2 Å². The Bertz CT molecular complexity index is 937. The molecule has 4 rings (SSSR count). The fourth-order valence-electron chi connectivity index (χ4n) is 4.09. The lowest BCUT2D eigenvalue weighted by Gasteiger charge is -2.40. The number of anilines is 2. The van der Waals surface area contributed by atoms with E-state index in [1.54, 1.807) is 0 Å². The Morgan fingerprint density at radius 3 is 2.52 bits per heavy atom. The molecule has 0 unspecified atom stereocenters. The zero-order valence-electron chi connectivity index (χ0n) is 19.8. The number of carbonyl (C=O) groups excluding carboxylic acids is 1. The van der Waals surface area contributed by atoms with Gasteiger partial charge in [0, 0.05) is 43.5 Å². The van der Waals surface area contributed by atoms with Crippen molar-refractivity contribution in [2.75, 3.05) is 70.0 Å². The van der Waals surface area contributed by atoms with Crippen molar-refractivity contribution in [1.29, 1.82) is 0 Å². The predicted molar refractivity (Wildman–Crippen MR) is 135 cm³/mol. The van der Waals surface area contributed by atoms with Crippen molar-refractivity contribution in [2.45, 2.75) is 24.0 Å². The number of nitrogens with zero attached hydrogens (tertiary/aromatic N) is 4. The second-order valence-electron chi connectivity index (χ2n) is 8.85. The summed E-state index contributed by atoms with van der Waals surface area (Å²) in [4.78, 5) is 26.4. The van der Waals surface area contributed by atoms with Crippen LogP contribution in [0.4, 0.5) is 16.3 Å². The van der Waals surface area contributed by atoms with Gasteiger partial charge in [-0.2, -0.15) is 11.8 Å². The highest BCUT2D eigenvalue weighted by molar-refractivity contribution is 7.99. The number of thioether (sulfide) groups is 1. The fraction of sp³-hybridized carbons (Fsp3) is 0.542. The monoisotopic (exact) mass is 470 g/mol. The molecule has 2 aliphatic rings. The van der Waals surface area contributed by atoms with Crippen LogP contribution in [0.15, 0.2) is 30.3 Å². The Hall–Kier alpha value is -2.36. The van der Waals surface area contributed by atoms with E-state index in [4.69, 9.17) is 14.7 Å². The van der Waals surface area contributed by atoms with E-state index in [-0.39, 0.29) is 10.8 Å². The van der Waals surface area contributed by atoms with Crippen molar-refractivity contribution in [3.8, 4) is 11.4 Å². The smallest absolute Gasteiger partial charge is 0.319 e. The SMILES string of the molecule is CSC1(c2cc(N3CCOCC3)nc(-c3ccc(NC(=O)NCCN(C)C)cc3)n2)CCC1. The molecule has 2 heterocycles. The van der Waals surface area contributed by atoms with E-state index in [0.29, 0.717) is 6.54 Å². The number of hydrogen-bond acceptors (Lipinski definition) is 7. The number of nitrogens with one attached hydrogen (secondary N) is 2. The second-order valence-corrected chi connectivity index (χ2v) is 10.0. The number of amides is 2. The van der Waals surface area contributed by atoms with Gasteiger partial charge in [-0.25, -0.2) is 14.8 Å². The summed E-state index contributed by atoms with van der Waals surface area (Å²) in [7, 11) is 3.96. The molecular weight excluding hydrogens is 436 g/mol. The molecule has 1 aliphatic heterocycles. The minimum absolute atomic E-state index is 0.0882. The highest BCUT2D eigenvalue weighted by Crippen LogP contribution is 2.51. The van der Waals surface area contributed by atoms with E-state index >= 15 is 0 Å². The molecule has 2 amide bonds. The summed E-state index contributed by atoms with van der Waals surface area (Å²) < 4.78 is 5.63. The first kappa shape index (κ1) is 23.8. The molecule has 9 heteroatoms. The summed E-state index contributed by atoms with van der Waals surface area (Å²) in [5, 5.41) is 5.75. The third-order valence-electron chi connectivity index (χ3n) is 6.31. The summed E-state index contributed by atoms with van der Waals surface area (Å²) >= 11 is 1.90. The lowest BCUT2D eigenvalue weighted by atomic mass is 9.81. The Labute approximate surface area is 200 Å². The number of rotatable bonds is 8. The first-order valence-electron chi connectivity index (χ1n) is 11.6. The molecular formula is C24H34N6O2S. The zero-order chi connectivity index (χ0) is 23.3. The number of urea groups is 1. The van der Waals surface area contributed by atoms with Gasteiger partial charge in [-0.1, -0.05) is 0 Å². The van der Waals surface area contributed by atoms with E-state index in [2.05, 4.69) is 27.9 Å². The number of morpholine rings is 1. The van der Waals surface area contributed by atoms with Crippen LogP contribution in [0, 0.1) is 0 Å². The maximum Gasteiger partial charge on any atom is 0.319 e. The van der Waals surface area contributed by atoms with Gasteiger partial charge in [0.05, 0.1) is 23.7 Å². The lowest BCUT2D eigenvalue weighted by molar-refractivity contribution is 0.122. The van der Waals surface area contributed by atoms with Crippen molar-refractivity contribution in [3.63, 3.8) is 0 Å². The molecule has 1 saturated carbocycles. The standard InChI is InChI=1S/C24H34N6O2S/c1-29(2)12-11-25-23(31)26-19-7-5-18(6-8-19)22-27-20(24(33-3)9-4-10-24)17-21(28-22)30-13-15-32-16-14-30/h5-8,17H,4,9-16H2,1-3H3,(H2,25,26,31). The average molecular weight is 471 g/mol. The topological polar surface area (TPSA) is 82.6 Å². The molecule has 1 aromatic heterocycles. The number of ether oxygens (including phenoxy) is 1. The molecule has 8 nitrogen and oxygen atoms in total. The molecule has 2 aromatic rings. The molecule has 0 spiro atoms. The average Bonchev–Trinajstić information content (AvgIpc) is 2.79. The van der Waals surface area contributed by atoms with Crippen molar-refractivity contribution in [3.05, 3.63) is 36.0 Å². The summed E-state index contributed by atoms with van der Waals surface area (Å²) in [6, 6.07) is 9.73. The Balaban J connectivity index is 1.54. The van der Waals surface area contributed by atoms with Gasteiger partial charge < -0.3 is 25.2 Å². The van der Waals surface area contributed by atoms with Crippen LogP contribution in [-0.4, -0.2) is 80.6 Å². The number of carbonyl (C=O) groups is 1. The second kappa shape index (κ2) is 10.7. The number of aromatic nitrogens is 2. The normalized spacial score (nSPS) is 17.5. The lowest BCUT2D eigenvalue weighted by Crippen LogP contribution is -2.38. The molecule has 1 aliphatic carbocycles.